The molecule has 8 heteroatoms. The van der Waals surface area contributed by atoms with Gasteiger partial charge in [0, 0.05) is 49.6 Å². The van der Waals surface area contributed by atoms with Crippen LogP contribution in [0.15, 0.2) is 47.6 Å². The number of hydrogen-bond acceptors (Lipinski definition) is 4. The molecule has 0 unspecified atom stereocenters. The quantitative estimate of drug-likeness (QED) is 0.594. The molecule has 0 saturated carbocycles. The molecule has 0 aromatic heterocycles. The summed E-state index contributed by atoms with van der Waals surface area (Å²) in [6, 6.07) is 13.3. The third kappa shape index (κ3) is 5.78. The summed E-state index contributed by atoms with van der Waals surface area (Å²) in [6.45, 7) is 9.90. The van der Waals surface area contributed by atoms with Gasteiger partial charge in [0.2, 0.25) is 0 Å². The first-order chi connectivity index (χ1) is 16.6. The van der Waals surface area contributed by atoms with Gasteiger partial charge in [-0.2, -0.15) is 0 Å². The van der Waals surface area contributed by atoms with Crippen molar-refractivity contribution in [1.82, 2.24) is 10.2 Å². The molecule has 1 fully saturated rings. The predicted molar refractivity (Wildman–Crippen MR) is 139 cm³/mol. The smallest absolute Gasteiger partial charge is 0.317 e. The molecule has 0 bridgehead atoms. The first kappa shape index (κ1) is 25.0. The lowest BCUT2D eigenvalue weighted by atomic mass is 9.84. The summed E-state index contributed by atoms with van der Waals surface area (Å²) in [7, 11) is 0. The Morgan fingerprint density at radius 3 is 2.46 bits per heavy atom. The van der Waals surface area contributed by atoms with Crippen LogP contribution < -0.4 is 10.6 Å². The summed E-state index contributed by atoms with van der Waals surface area (Å²) < 4.78 is 0. The second kappa shape index (κ2) is 9.90. The number of amides is 3. The van der Waals surface area contributed by atoms with E-state index in [1.54, 1.807) is 4.90 Å². The van der Waals surface area contributed by atoms with Gasteiger partial charge in [-0.05, 0) is 41.2 Å². The fourth-order valence-corrected chi connectivity index (χ4v) is 4.69. The fraction of sp³-hybridized carbons (Fsp3) is 0.444. The Bertz CT molecular complexity index is 1130. The molecular formula is C27H33ClN4O3. The molecule has 4 rings (SSSR count). The molecule has 2 aliphatic rings. The van der Waals surface area contributed by atoms with Crippen molar-refractivity contribution in [2.45, 2.75) is 64.5 Å². The molecule has 2 N–H and O–H groups in total. The molecule has 35 heavy (non-hydrogen) atoms. The number of likely N-dealkylation sites (tertiary alicyclic amines) is 1. The number of para-hydroxylation sites is 1. The number of aryl methyl sites for hydroxylation is 1. The average molecular weight is 497 g/mol. The van der Waals surface area contributed by atoms with Gasteiger partial charge in [-0.3, -0.25) is 4.79 Å². The largest absolute Gasteiger partial charge is 0.388 e. The van der Waals surface area contributed by atoms with Crippen molar-refractivity contribution >= 4 is 34.9 Å². The molecular weight excluding hydrogens is 464 g/mol. The molecule has 1 saturated heterocycles. The van der Waals surface area contributed by atoms with Crippen LogP contribution in [0.1, 0.15) is 56.7 Å². The zero-order chi connectivity index (χ0) is 25.2. The highest BCUT2D eigenvalue weighted by Gasteiger charge is 2.44. The molecule has 2 aromatic rings. The molecule has 1 spiro atoms. The topological polar surface area (TPSA) is 83.0 Å². The zero-order valence-corrected chi connectivity index (χ0v) is 21.5. The summed E-state index contributed by atoms with van der Waals surface area (Å²) in [5, 5.41) is 10.9. The van der Waals surface area contributed by atoms with Crippen molar-refractivity contribution in [3.63, 3.8) is 0 Å². The summed E-state index contributed by atoms with van der Waals surface area (Å²) in [5.74, 6) is -0.232. The lowest BCUT2D eigenvalue weighted by Gasteiger charge is -2.37. The minimum Gasteiger partial charge on any atom is -0.388 e. The van der Waals surface area contributed by atoms with Gasteiger partial charge in [-0.15, -0.1) is 0 Å². The highest BCUT2D eigenvalue weighted by atomic mass is 35.5. The van der Waals surface area contributed by atoms with Gasteiger partial charge >= 0.3 is 6.03 Å². The van der Waals surface area contributed by atoms with Gasteiger partial charge in [0.05, 0.1) is 0 Å². The van der Waals surface area contributed by atoms with Crippen LogP contribution in [0.4, 0.5) is 10.5 Å². The van der Waals surface area contributed by atoms with E-state index in [2.05, 4.69) is 36.6 Å². The summed E-state index contributed by atoms with van der Waals surface area (Å²) in [6.07, 6.45) is 1.69. The molecule has 2 aromatic carbocycles. The molecule has 186 valence electrons. The Hall–Kier alpha value is -3.06. The lowest BCUT2D eigenvalue weighted by Crippen LogP contribution is -2.50. The SMILES string of the molecule is Cc1cccc(C(C)(C)C)c1NC(=O)C1=NOC2(CCN(C(=O)NCc3ccc(Cl)cc3)CC2)C1. The van der Waals surface area contributed by atoms with Gasteiger partial charge in [-0.25, -0.2) is 4.79 Å². The number of nitrogens with one attached hydrogen (secondary N) is 2. The van der Waals surface area contributed by atoms with Crippen molar-refractivity contribution in [2.24, 2.45) is 5.16 Å². The van der Waals surface area contributed by atoms with E-state index in [-0.39, 0.29) is 17.4 Å². The van der Waals surface area contributed by atoms with Crippen LogP contribution in [0.25, 0.3) is 0 Å². The maximum Gasteiger partial charge on any atom is 0.317 e. The maximum atomic E-state index is 13.1. The van der Waals surface area contributed by atoms with Crippen molar-refractivity contribution < 1.29 is 14.4 Å². The second-order valence-electron chi connectivity index (χ2n) is 10.5. The van der Waals surface area contributed by atoms with E-state index in [0.717, 1.165) is 22.4 Å². The van der Waals surface area contributed by atoms with E-state index in [1.807, 2.05) is 49.4 Å². The highest BCUT2D eigenvalue weighted by Crippen LogP contribution is 2.36. The van der Waals surface area contributed by atoms with Gasteiger partial charge < -0.3 is 20.4 Å². The van der Waals surface area contributed by atoms with Gasteiger partial charge in [0.15, 0.2) is 0 Å². The average Bonchev–Trinajstić information content (AvgIpc) is 3.23. The maximum absolute atomic E-state index is 13.1. The monoisotopic (exact) mass is 496 g/mol. The van der Waals surface area contributed by atoms with Gasteiger partial charge in [0.25, 0.3) is 5.91 Å². The highest BCUT2D eigenvalue weighted by molar-refractivity contribution is 6.43. The number of hydrogen-bond donors (Lipinski definition) is 2. The number of benzene rings is 2. The van der Waals surface area contributed by atoms with Crippen LogP contribution in [0, 0.1) is 6.92 Å². The number of carbonyl (C=O) groups is 2. The van der Waals surface area contributed by atoms with Crippen LogP contribution in [-0.4, -0.2) is 41.2 Å². The van der Waals surface area contributed by atoms with Crippen molar-refractivity contribution in [2.75, 3.05) is 18.4 Å². The van der Waals surface area contributed by atoms with E-state index in [4.69, 9.17) is 16.4 Å². The molecule has 2 aliphatic heterocycles. The Labute approximate surface area is 211 Å². The number of piperidine rings is 1. The summed E-state index contributed by atoms with van der Waals surface area (Å²) in [4.78, 5) is 33.3. The molecule has 3 amide bonds. The van der Waals surface area contributed by atoms with Crippen molar-refractivity contribution in [3.05, 3.63) is 64.2 Å². The van der Waals surface area contributed by atoms with Crippen molar-refractivity contribution in [3.8, 4) is 0 Å². The van der Waals surface area contributed by atoms with E-state index >= 15 is 0 Å². The van der Waals surface area contributed by atoms with Crippen molar-refractivity contribution in [1.29, 1.82) is 0 Å². The zero-order valence-electron chi connectivity index (χ0n) is 20.8. The molecule has 0 atom stereocenters. The minimum atomic E-state index is -0.530. The molecule has 0 radical (unpaired) electrons. The minimum absolute atomic E-state index is 0.106. The number of urea groups is 1. The number of oxime groups is 1. The molecule has 0 aliphatic carbocycles. The number of nitrogens with zero attached hydrogens (tertiary/aromatic N) is 2. The Kier molecular flexibility index (Phi) is 7.08. The number of rotatable bonds is 4. The normalized spacial score (nSPS) is 17.1. The van der Waals surface area contributed by atoms with Crippen LogP contribution in [-0.2, 0) is 21.6 Å². The summed E-state index contributed by atoms with van der Waals surface area (Å²) >= 11 is 5.92. The van der Waals surface area contributed by atoms with E-state index < -0.39 is 5.60 Å². The third-order valence-electron chi connectivity index (χ3n) is 6.74. The molecule has 7 nitrogen and oxygen atoms in total. The first-order valence-electron chi connectivity index (χ1n) is 12.0. The van der Waals surface area contributed by atoms with E-state index in [1.165, 1.54) is 0 Å². The Morgan fingerprint density at radius 1 is 1.11 bits per heavy atom. The first-order valence-corrected chi connectivity index (χ1v) is 12.4. The second-order valence-corrected chi connectivity index (χ2v) is 10.9. The third-order valence-corrected chi connectivity index (χ3v) is 6.99. The van der Waals surface area contributed by atoms with E-state index in [9.17, 15) is 9.59 Å². The predicted octanol–water partition coefficient (Wildman–Crippen LogP) is 5.41. The van der Waals surface area contributed by atoms with Crippen LogP contribution in [0.3, 0.4) is 0 Å². The van der Waals surface area contributed by atoms with Crippen LogP contribution >= 0.6 is 11.6 Å². The standard InChI is InChI=1S/C27H33ClN4O3/c1-18-6-5-7-21(26(2,3)4)23(18)30-24(33)22-16-27(35-31-22)12-14-32(15-13-27)25(34)29-17-19-8-10-20(28)11-9-19/h5-11H,12-17H2,1-4H3,(H,29,34)(H,30,33). The Balaban J connectivity index is 1.31. The van der Waals surface area contributed by atoms with Crippen LogP contribution in [0.5, 0.6) is 0 Å². The molecule has 2 heterocycles. The number of anilines is 1. The van der Waals surface area contributed by atoms with E-state index in [0.29, 0.717) is 49.6 Å². The number of carbonyl (C=O) groups excluding carboxylic acids is 2. The van der Waals surface area contributed by atoms with Crippen LogP contribution in [0.2, 0.25) is 5.02 Å². The fourth-order valence-electron chi connectivity index (χ4n) is 4.56. The van der Waals surface area contributed by atoms with Gasteiger partial charge in [-0.1, -0.05) is 67.9 Å². The summed E-state index contributed by atoms with van der Waals surface area (Å²) in [5.41, 5.74) is 3.68. The number of halogens is 1. The lowest BCUT2D eigenvalue weighted by molar-refractivity contribution is -0.110. The Morgan fingerprint density at radius 2 is 1.80 bits per heavy atom. The van der Waals surface area contributed by atoms with Gasteiger partial charge in [0.1, 0.15) is 11.3 Å².